The fourth-order valence-electron chi connectivity index (χ4n) is 2.74. The summed E-state index contributed by atoms with van der Waals surface area (Å²) in [6.07, 6.45) is 2.43. The Bertz CT molecular complexity index is 292. The molecule has 4 nitrogen and oxygen atoms in total. The molecule has 1 spiro atoms. The van der Waals surface area contributed by atoms with Gasteiger partial charge in [-0.2, -0.15) is 0 Å². The molecule has 0 bridgehead atoms. The van der Waals surface area contributed by atoms with E-state index in [0.29, 0.717) is 12.8 Å². The molecule has 0 atom stereocenters. The van der Waals surface area contributed by atoms with Gasteiger partial charge in [-0.1, -0.05) is 0 Å². The molecule has 0 aromatic rings. The van der Waals surface area contributed by atoms with Gasteiger partial charge in [-0.15, -0.1) is 0 Å². The molecule has 2 fully saturated rings. The standard InChI is InChI=1S/C12H21NO3/c1-10(2,3)16-9(14)12(13)6-11(7-12)4-5-15-8-11/h4-8,13H2,1-3H3. The van der Waals surface area contributed by atoms with Crippen molar-refractivity contribution in [2.45, 2.75) is 51.2 Å². The van der Waals surface area contributed by atoms with Gasteiger partial charge in [0.2, 0.25) is 0 Å². The highest BCUT2D eigenvalue weighted by molar-refractivity contribution is 5.82. The molecule has 16 heavy (non-hydrogen) atoms. The second-order valence-corrected chi connectivity index (χ2v) is 6.31. The molecule has 0 unspecified atom stereocenters. The monoisotopic (exact) mass is 227 g/mol. The minimum atomic E-state index is -0.777. The van der Waals surface area contributed by atoms with Crippen LogP contribution in [0, 0.1) is 5.41 Å². The van der Waals surface area contributed by atoms with Gasteiger partial charge in [0.15, 0.2) is 0 Å². The number of carbonyl (C=O) groups excluding carboxylic acids is 1. The molecular formula is C12H21NO3. The van der Waals surface area contributed by atoms with Crippen LogP contribution in [0.1, 0.15) is 40.0 Å². The van der Waals surface area contributed by atoms with Crippen LogP contribution in [0.5, 0.6) is 0 Å². The summed E-state index contributed by atoms with van der Waals surface area (Å²) in [5, 5.41) is 0. The molecule has 1 saturated carbocycles. The van der Waals surface area contributed by atoms with Crippen LogP contribution in [0.25, 0.3) is 0 Å². The summed E-state index contributed by atoms with van der Waals surface area (Å²) in [5.41, 5.74) is 5.00. The van der Waals surface area contributed by atoms with Gasteiger partial charge in [0.05, 0.1) is 6.61 Å². The Morgan fingerprint density at radius 1 is 1.38 bits per heavy atom. The first kappa shape index (κ1) is 11.9. The molecule has 0 amide bonds. The zero-order valence-corrected chi connectivity index (χ0v) is 10.3. The van der Waals surface area contributed by atoms with Crippen molar-refractivity contribution in [1.29, 1.82) is 0 Å². The van der Waals surface area contributed by atoms with Crippen molar-refractivity contribution >= 4 is 5.97 Å². The SMILES string of the molecule is CC(C)(C)OC(=O)C1(N)CC2(CCOC2)C1. The lowest BCUT2D eigenvalue weighted by Gasteiger charge is -2.50. The summed E-state index contributed by atoms with van der Waals surface area (Å²) in [4.78, 5) is 11.9. The molecule has 0 aromatic heterocycles. The number of rotatable bonds is 1. The molecule has 2 aliphatic rings. The van der Waals surface area contributed by atoms with E-state index in [9.17, 15) is 4.79 Å². The van der Waals surface area contributed by atoms with Crippen LogP contribution in [-0.2, 0) is 14.3 Å². The molecule has 0 radical (unpaired) electrons. The van der Waals surface area contributed by atoms with E-state index in [0.717, 1.165) is 19.6 Å². The third-order valence-electron chi connectivity index (χ3n) is 3.37. The maximum Gasteiger partial charge on any atom is 0.326 e. The van der Waals surface area contributed by atoms with E-state index in [2.05, 4.69) is 0 Å². The number of esters is 1. The summed E-state index contributed by atoms with van der Waals surface area (Å²) in [7, 11) is 0. The number of nitrogens with two attached hydrogens (primary N) is 1. The van der Waals surface area contributed by atoms with Gasteiger partial charge in [0.25, 0.3) is 0 Å². The van der Waals surface area contributed by atoms with Gasteiger partial charge in [0.1, 0.15) is 11.1 Å². The first-order chi connectivity index (χ1) is 7.25. The molecule has 1 aliphatic heterocycles. The van der Waals surface area contributed by atoms with E-state index in [-0.39, 0.29) is 11.4 Å². The summed E-state index contributed by atoms with van der Waals surface area (Å²) >= 11 is 0. The Kier molecular flexibility index (Phi) is 2.55. The van der Waals surface area contributed by atoms with E-state index >= 15 is 0 Å². The summed E-state index contributed by atoms with van der Waals surface area (Å²) in [6, 6.07) is 0. The Labute approximate surface area is 96.5 Å². The van der Waals surface area contributed by atoms with Gasteiger partial charge < -0.3 is 15.2 Å². The first-order valence-corrected chi connectivity index (χ1v) is 5.85. The van der Waals surface area contributed by atoms with Crippen molar-refractivity contribution in [2.75, 3.05) is 13.2 Å². The first-order valence-electron chi connectivity index (χ1n) is 5.85. The normalized spacial score (nSPS) is 38.5. The zero-order valence-electron chi connectivity index (χ0n) is 10.3. The van der Waals surface area contributed by atoms with Crippen LogP contribution in [0.4, 0.5) is 0 Å². The average Bonchev–Trinajstić information content (AvgIpc) is 2.48. The fourth-order valence-corrected chi connectivity index (χ4v) is 2.74. The van der Waals surface area contributed by atoms with Crippen LogP contribution in [0.3, 0.4) is 0 Å². The van der Waals surface area contributed by atoms with E-state index in [1.54, 1.807) is 0 Å². The summed E-state index contributed by atoms with van der Waals surface area (Å²) < 4.78 is 10.7. The van der Waals surface area contributed by atoms with Crippen molar-refractivity contribution in [3.63, 3.8) is 0 Å². The summed E-state index contributed by atoms with van der Waals surface area (Å²) in [6.45, 7) is 7.13. The van der Waals surface area contributed by atoms with Crippen LogP contribution < -0.4 is 5.73 Å². The molecule has 4 heteroatoms. The Morgan fingerprint density at radius 2 is 2.00 bits per heavy atom. The van der Waals surface area contributed by atoms with Crippen molar-refractivity contribution in [1.82, 2.24) is 0 Å². The van der Waals surface area contributed by atoms with Gasteiger partial charge in [-0.25, -0.2) is 0 Å². The van der Waals surface area contributed by atoms with Gasteiger partial charge >= 0.3 is 5.97 Å². The van der Waals surface area contributed by atoms with E-state index in [1.165, 1.54) is 0 Å². The van der Waals surface area contributed by atoms with Crippen molar-refractivity contribution in [3.8, 4) is 0 Å². The predicted octanol–water partition coefficient (Wildman–Crippen LogP) is 1.23. The van der Waals surface area contributed by atoms with Crippen LogP contribution >= 0.6 is 0 Å². The fraction of sp³-hybridized carbons (Fsp3) is 0.917. The highest BCUT2D eigenvalue weighted by atomic mass is 16.6. The number of ether oxygens (including phenoxy) is 2. The van der Waals surface area contributed by atoms with Crippen LogP contribution in [0.2, 0.25) is 0 Å². The largest absolute Gasteiger partial charge is 0.459 e. The van der Waals surface area contributed by atoms with Gasteiger partial charge in [0, 0.05) is 12.0 Å². The molecule has 2 rings (SSSR count). The topological polar surface area (TPSA) is 61.5 Å². The predicted molar refractivity (Wildman–Crippen MR) is 59.9 cm³/mol. The Hall–Kier alpha value is -0.610. The van der Waals surface area contributed by atoms with Crippen molar-refractivity contribution in [3.05, 3.63) is 0 Å². The molecule has 1 heterocycles. The maximum absolute atomic E-state index is 11.9. The Morgan fingerprint density at radius 3 is 2.44 bits per heavy atom. The quantitative estimate of drug-likeness (QED) is 0.684. The van der Waals surface area contributed by atoms with Gasteiger partial charge in [-0.3, -0.25) is 4.79 Å². The Balaban J connectivity index is 1.94. The lowest BCUT2D eigenvalue weighted by Crippen LogP contribution is -2.64. The highest BCUT2D eigenvalue weighted by Crippen LogP contribution is 2.52. The second-order valence-electron chi connectivity index (χ2n) is 6.31. The number of hydrogen-bond donors (Lipinski definition) is 1. The summed E-state index contributed by atoms with van der Waals surface area (Å²) in [5.74, 6) is -0.266. The highest BCUT2D eigenvalue weighted by Gasteiger charge is 2.59. The van der Waals surface area contributed by atoms with E-state index < -0.39 is 11.1 Å². The lowest BCUT2D eigenvalue weighted by molar-refractivity contribution is -0.171. The van der Waals surface area contributed by atoms with Crippen LogP contribution in [-0.4, -0.2) is 30.3 Å². The lowest BCUT2D eigenvalue weighted by atomic mass is 9.57. The second kappa shape index (κ2) is 3.44. The van der Waals surface area contributed by atoms with Crippen molar-refractivity contribution < 1.29 is 14.3 Å². The molecule has 1 saturated heterocycles. The smallest absolute Gasteiger partial charge is 0.326 e. The molecule has 92 valence electrons. The minimum absolute atomic E-state index is 0.158. The number of hydrogen-bond acceptors (Lipinski definition) is 4. The zero-order chi connectivity index (χ0) is 12.0. The molecular weight excluding hydrogens is 206 g/mol. The third-order valence-corrected chi connectivity index (χ3v) is 3.37. The van der Waals surface area contributed by atoms with E-state index in [1.807, 2.05) is 20.8 Å². The number of carbonyl (C=O) groups is 1. The molecule has 2 N–H and O–H groups in total. The van der Waals surface area contributed by atoms with Crippen molar-refractivity contribution in [2.24, 2.45) is 11.1 Å². The van der Waals surface area contributed by atoms with E-state index in [4.69, 9.17) is 15.2 Å². The molecule has 1 aliphatic carbocycles. The third kappa shape index (κ3) is 2.09. The molecule has 0 aromatic carbocycles. The van der Waals surface area contributed by atoms with Crippen LogP contribution in [0.15, 0.2) is 0 Å². The minimum Gasteiger partial charge on any atom is -0.459 e. The van der Waals surface area contributed by atoms with Gasteiger partial charge in [-0.05, 0) is 40.0 Å². The average molecular weight is 227 g/mol. The maximum atomic E-state index is 11.9.